The van der Waals surface area contributed by atoms with Crippen molar-refractivity contribution in [3.63, 3.8) is 0 Å². The molecular formula is C13H20N2O2S2. The van der Waals surface area contributed by atoms with Crippen LogP contribution >= 0.6 is 11.8 Å². The van der Waals surface area contributed by atoms with E-state index in [0.29, 0.717) is 4.90 Å². The van der Waals surface area contributed by atoms with Crippen LogP contribution in [0.15, 0.2) is 23.1 Å². The van der Waals surface area contributed by atoms with E-state index >= 15 is 0 Å². The van der Waals surface area contributed by atoms with Crippen LogP contribution in [0.2, 0.25) is 0 Å². The van der Waals surface area contributed by atoms with Gasteiger partial charge in [-0.05, 0) is 35.9 Å². The average molecular weight is 300 g/mol. The van der Waals surface area contributed by atoms with Crippen LogP contribution in [0, 0.1) is 0 Å². The van der Waals surface area contributed by atoms with Crippen molar-refractivity contribution in [2.75, 3.05) is 12.0 Å². The Morgan fingerprint density at radius 3 is 2.79 bits per heavy atom. The van der Waals surface area contributed by atoms with Crippen LogP contribution in [0.1, 0.15) is 24.5 Å². The minimum atomic E-state index is -3.41. The van der Waals surface area contributed by atoms with E-state index in [1.807, 2.05) is 19.2 Å². The molecule has 106 valence electrons. The third kappa shape index (κ3) is 3.51. The molecule has 1 atom stereocenters. The first-order valence-electron chi connectivity index (χ1n) is 6.40. The smallest absolute Gasteiger partial charge is 0.240 e. The number of nitrogens with one attached hydrogen (secondary N) is 2. The summed E-state index contributed by atoms with van der Waals surface area (Å²) in [6.45, 7) is 3.57. The van der Waals surface area contributed by atoms with Crippen LogP contribution in [0.5, 0.6) is 0 Å². The largest absolute Gasteiger partial charge is 0.309 e. The first kappa shape index (κ1) is 14.8. The van der Waals surface area contributed by atoms with E-state index in [9.17, 15) is 8.42 Å². The summed E-state index contributed by atoms with van der Waals surface area (Å²) in [5, 5.41) is 3.22. The zero-order valence-electron chi connectivity index (χ0n) is 11.3. The number of hydrogen-bond donors (Lipinski definition) is 2. The van der Waals surface area contributed by atoms with Crippen LogP contribution in [-0.4, -0.2) is 26.5 Å². The van der Waals surface area contributed by atoms with Crippen molar-refractivity contribution in [3.8, 4) is 0 Å². The molecular weight excluding hydrogens is 280 g/mol. The molecule has 0 saturated carbocycles. The van der Waals surface area contributed by atoms with Crippen molar-refractivity contribution >= 4 is 21.8 Å². The van der Waals surface area contributed by atoms with E-state index in [4.69, 9.17) is 0 Å². The van der Waals surface area contributed by atoms with Gasteiger partial charge in [0.05, 0.1) is 4.90 Å². The molecule has 0 radical (unpaired) electrons. The van der Waals surface area contributed by atoms with Crippen LogP contribution in [0.25, 0.3) is 0 Å². The van der Waals surface area contributed by atoms with Gasteiger partial charge in [0.15, 0.2) is 0 Å². The normalized spacial score (nSPS) is 16.3. The molecule has 4 nitrogen and oxygen atoms in total. The predicted molar refractivity (Wildman–Crippen MR) is 79.8 cm³/mol. The number of rotatable bonds is 6. The van der Waals surface area contributed by atoms with Gasteiger partial charge in [-0.3, -0.25) is 0 Å². The lowest BCUT2D eigenvalue weighted by Gasteiger charge is -2.16. The molecule has 0 bridgehead atoms. The number of hydrogen-bond acceptors (Lipinski definition) is 4. The second kappa shape index (κ2) is 6.26. The Kier molecular flexibility index (Phi) is 4.89. The maximum absolute atomic E-state index is 12.3. The lowest BCUT2D eigenvalue weighted by Crippen LogP contribution is -2.36. The predicted octanol–water partition coefficient (Wildman–Crippen LogP) is 1.71. The van der Waals surface area contributed by atoms with Crippen molar-refractivity contribution in [3.05, 3.63) is 29.3 Å². The lowest BCUT2D eigenvalue weighted by molar-refractivity contribution is 0.558. The van der Waals surface area contributed by atoms with Crippen molar-refractivity contribution in [1.82, 2.24) is 10.0 Å². The van der Waals surface area contributed by atoms with Crippen LogP contribution < -0.4 is 10.0 Å². The van der Waals surface area contributed by atoms with Gasteiger partial charge in [0, 0.05) is 24.9 Å². The molecule has 1 heterocycles. The molecule has 0 aromatic heterocycles. The molecule has 6 heteroatoms. The number of benzene rings is 1. The van der Waals surface area contributed by atoms with Crippen molar-refractivity contribution in [1.29, 1.82) is 0 Å². The minimum Gasteiger partial charge on any atom is -0.309 e. The zero-order chi connectivity index (χ0) is 13.9. The summed E-state index contributed by atoms with van der Waals surface area (Å²) in [5.41, 5.74) is 2.27. The molecule has 0 spiro atoms. The summed E-state index contributed by atoms with van der Waals surface area (Å²) in [5.74, 6) is 0.794. The van der Waals surface area contributed by atoms with E-state index in [1.165, 1.54) is 5.56 Å². The lowest BCUT2D eigenvalue weighted by atomic mass is 10.1. The monoisotopic (exact) mass is 300 g/mol. The van der Waals surface area contributed by atoms with Gasteiger partial charge >= 0.3 is 0 Å². The topological polar surface area (TPSA) is 58.2 Å². The average Bonchev–Trinajstić information content (AvgIpc) is 2.85. The molecule has 1 aromatic carbocycles. The number of sulfonamides is 1. The van der Waals surface area contributed by atoms with E-state index in [-0.39, 0.29) is 6.04 Å². The van der Waals surface area contributed by atoms with Gasteiger partial charge in [-0.25, -0.2) is 13.1 Å². The summed E-state index contributed by atoms with van der Waals surface area (Å²) < 4.78 is 27.5. The summed E-state index contributed by atoms with van der Waals surface area (Å²) in [4.78, 5) is 0.370. The van der Waals surface area contributed by atoms with Gasteiger partial charge in [0.1, 0.15) is 0 Å². The van der Waals surface area contributed by atoms with Gasteiger partial charge in [0.2, 0.25) is 10.0 Å². The maximum atomic E-state index is 12.3. The van der Waals surface area contributed by atoms with E-state index in [1.54, 1.807) is 23.9 Å². The fourth-order valence-corrected chi connectivity index (χ4v) is 4.36. The molecule has 19 heavy (non-hydrogen) atoms. The Morgan fingerprint density at radius 2 is 2.11 bits per heavy atom. The summed E-state index contributed by atoms with van der Waals surface area (Å²) in [6.07, 6.45) is 2.78. The summed E-state index contributed by atoms with van der Waals surface area (Å²) >= 11 is 1.65. The number of thioether (sulfide) groups is 1. The molecule has 0 amide bonds. The standard InChI is InChI=1S/C13H20N2O2S2/c1-3-12(9-18-2)15-19(16,17)13-5-4-10-7-14-8-11(10)6-13/h4-6,12,14-15H,3,7-9H2,1-2H3. The van der Waals surface area contributed by atoms with Crippen LogP contribution in [0.3, 0.4) is 0 Å². The second-order valence-corrected chi connectivity index (χ2v) is 7.34. The van der Waals surface area contributed by atoms with Crippen molar-refractivity contribution in [2.24, 2.45) is 0 Å². The maximum Gasteiger partial charge on any atom is 0.240 e. The molecule has 0 aliphatic carbocycles. The molecule has 0 fully saturated rings. The highest BCUT2D eigenvalue weighted by Crippen LogP contribution is 2.20. The van der Waals surface area contributed by atoms with Gasteiger partial charge in [-0.1, -0.05) is 13.0 Å². The fraction of sp³-hybridized carbons (Fsp3) is 0.538. The van der Waals surface area contributed by atoms with Gasteiger partial charge < -0.3 is 5.32 Å². The minimum absolute atomic E-state index is 0.00798. The third-order valence-corrected chi connectivity index (χ3v) is 5.56. The summed E-state index contributed by atoms with van der Waals surface area (Å²) in [7, 11) is -3.41. The Hall–Kier alpha value is -0.560. The quantitative estimate of drug-likeness (QED) is 0.840. The van der Waals surface area contributed by atoms with Gasteiger partial charge in [-0.2, -0.15) is 11.8 Å². The molecule has 0 saturated heterocycles. The van der Waals surface area contributed by atoms with Crippen molar-refractivity contribution in [2.45, 2.75) is 37.4 Å². The highest BCUT2D eigenvalue weighted by atomic mass is 32.2. The molecule has 2 N–H and O–H groups in total. The molecule has 1 aromatic rings. The van der Waals surface area contributed by atoms with E-state index in [0.717, 1.165) is 30.8 Å². The van der Waals surface area contributed by atoms with Gasteiger partial charge in [-0.15, -0.1) is 0 Å². The first-order valence-corrected chi connectivity index (χ1v) is 9.28. The Labute approximate surface area is 119 Å². The summed E-state index contributed by atoms with van der Waals surface area (Å²) in [6, 6.07) is 5.37. The first-order chi connectivity index (χ1) is 9.06. The van der Waals surface area contributed by atoms with E-state index in [2.05, 4.69) is 10.0 Å². The molecule has 2 rings (SSSR count). The fourth-order valence-electron chi connectivity index (χ4n) is 2.16. The third-order valence-electron chi connectivity index (χ3n) is 3.30. The van der Waals surface area contributed by atoms with Crippen LogP contribution in [-0.2, 0) is 23.1 Å². The van der Waals surface area contributed by atoms with E-state index < -0.39 is 10.0 Å². The molecule has 1 unspecified atom stereocenters. The Morgan fingerprint density at radius 1 is 1.37 bits per heavy atom. The Balaban J connectivity index is 2.19. The highest BCUT2D eigenvalue weighted by Gasteiger charge is 2.21. The second-order valence-electron chi connectivity index (χ2n) is 4.72. The van der Waals surface area contributed by atoms with Gasteiger partial charge in [0.25, 0.3) is 0 Å². The van der Waals surface area contributed by atoms with Crippen LogP contribution in [0.4, 0.5) is 0 Å². The number of fused-ring (bicyclic) bond motifs is 1. The SMILES string of the molecule is CCC(CSC)NS(=O)(=O)c1ccc2c(c1)CNC2. The van der Waals surface area contributed by atoms with Crippen molar-refractivity contribution < 1.29 is 8.42 Å². The highest BCUT2D eigenvalue weighted by molar-refractivity contribution is 7.98. The Bertz CT molecular complexity index is 544. The molecule has 1 aliphatic heterocycles. The zero-order valence-corrected chi connectivity index (χ0v) is 12.9. The molecule has 1 aliphatic rings.